The van der Waals surface area contributed by atoms with Gasteiger partial charge in [-0.3, -0.25) is 9.80 Å². The minimum atomic E-state index is -4.59. The number of hydrogen-bond donors (Lipinski definition) is 0. The van der Waals surface area contributed by atoms with Gasteiger partial charge < -0.3 is 49.1 Å². The fourth-order valence-electron chi connectivity index (χ4n) is 1.70. The van der Waals surface area contributed by atoms with Gasteiger partial charge in [-0.25, -0.2) is 0 Å². The van der Waals surface area contributed by atoms with E-state index in [9.17, 15) is 49.1 Å². The minimum Gasteiger partial charge on any atom is -0.798 e. The zero-order chi connectivity index (χ0) is 18.2. The average Bonchev–Trinajstić information content (AvgIpc) is 2.22. The van der Waals surface area contributed by atoms with Crippen molar-refractivity contribution in [1.82, 2.24) is 9.80 Å². The van der Waals surface area contributed by atoms with Crippen LogP contribution in [0, 0.1) is 35.6 Å². The van der Waals surface area contributed by atoms with E-state index in [0.717, 1.165) is 0 Å². The van der Waals surface area contributed by atoms with Crippen LogP contribution in [0.5, 0.6) is 0 Å². The summed E-state index contributed by atoms with van der Waals surface area (Å²) in [6.07, 6.45) is -2.13. The van der Waals surface area contributed by atoms with Crippen molar-refractivity contribution in [3.8, 4) is 0 Å². The molecule has 16 heteroatoms. The van der Waals surface area contributed by atoms with Gasteiger partial charge in [0.25, 0.3) is 0 Å². The van der Waals surface area contributed by atoms with Gasteiger partial charge in [0.15, 0.2) is 0 Å². The quantitative estimate of drug-likeness (QED) is 0.159. The van der Waals surface area contributed by atoms with Crippen LogP contribution in [0.1, 0.15) is 0 Å². The Morgan fingerprint density at radius 2 is 0.846 bits per heavy atom. The summed E-state index contributed by atoms with van der Waals surface area (Å²) in [7, 11) is -4.59. The Balaban J connectivity index is -0.000000807. The molecule has 0 aromatic carbocycles. The van der Waals surface area contributed by atoms with Crippen molar-refractivity contribution < 1.29 is 187 Å². The molecule has 0 rings (SSSR count). The van der Waals surface area contributed by atoms with Crippen LogP contribution in [-0.2, 0) is 23.7 Å². The van der Waals surface area contributed by atoms with Gasteiger partial charge in [0.05, 0.1) is 23.9 Å². The molecule has 0 N–H and O–H groups in total. The molecule has 0 radical (unpaired) electrons. The first-order valence-electron chi connectivity index (χ1n) is 5.94. The Hall–Kier alpha value is 2.46. The van der Waals surface area contributed by atoms with Gasteiger partial charge in [0.2, 0.25) is 0 Å². The number of hydrogen-bond acceptors (Lipinski definition) is 12. The van der Waals surface area contributed by atoms with E-state index >= 15 is 0 Å². The Labute approximate surface area is 261 Å². The number of aliphatic carboxylic acids is 4. The van der Waals surface area contributed by atoms with Gasteiger partial charge >= 0.3 is 138 Å². The summed E-state index contributed by atoms with van der Waals surface area (Å²) < 4.78 is 11.9. The van der Waals surface area contributed by atoms with Crippen molar-refractivity contribution in [2.45, 2.75) is 0 Å². The summed E-state index contributed by atoms with van der Waals surface area (Å²) in [5.74, 6) is -6.97. The van der Waals surface area contributed by atoms with Crippen molar-refractivity contribution in [1.29, 1.82) is 0 Å². The number of carboxylic acid groups (broad SMARTS) is 4. The number of nitrogens with zero attached hydrogens (tertiary/aromatic N) is 2. The topological polar surface area (TPSA) is 207 Å². The maximum Gasteiger partial charge on any atom is 3.00 e. The molecule has 0 aliphatic heterocycles. The van der Waals surface area contributed by atoms with Crippen LogP contribution in [-0.4, -0.2) is 72.4 Å². The van der Waals surface area contributed by atoms with E-state index in [1.54, 1.807) is 0 Å². The second kappa shape index (κ2) is 18.2. The number of rotatable bonds is 12. The molecule has 0 unspecified atom stereocenters. The summed E-state index contributed by atoms with van der Waals surface area (Å²) >= 11 is 0. The normalized spacial score (nSPS) is 10.3. The van der Waals surface area contributed by atoms with Crippen molar-refractivity contribution in [2.75, 3.05) is 38.8 Å². The SMILES string of the molecule is O=C([O-])CN(CC(=O)[O-])CP(=O)([O-])CN(CC(=O)[O-])CC(=O)[O-].[K+].[K+].[La+3]. The molecule has 0 spiro atoms. The van der Waals surface area contributed by atoms with E-state index in [-0.39, 0.29) is 138 Å². The molecule has 0 aromatic rings. The minimum absolute atomic E-state index is 0. The molecular formula is C10H12K2LaN2O10P. The molecule has 26 heavy (non-hydrogen) atoms. The third kappa shape index (κ3) is 21.2. The monoisotopic (exact) mass is 568 g/mol. The van der Waals surface area contributed by atoms with Gasteiger partial charge in [0, 0.05) is 46.1 Å². The smallest absolute Gasteiger partial charge is 0.798 e. The second-order valence-electron chi connectivity index (χ2n) is 4.56. The first kappa shape index (κ1) is 35.9. The van der Waals surface area contributed by atoms with E-state index in [0.29, 0.717) is 9.80 Å². The van der Waals surface area contributed by atoms with Crippen LogP contribution in [0.3, 0.4) is 0 Å². The summed E-state index contributed by atoms with van der Waals surface area (Å²) in [4.78, 5) is 54.6. The van der Waals surface area contributed by atoms with Gasteiger partial charge in [0.1, 0.15) is 0 Å². The zero-order valence-electron chi connectivity index (χ0n) is 14.2. The molecule has 0 saturated heterocycles. The second-order valence-corrected chi connectivity index (χ2v) is 6.75. The summed E-state index contributed by atoms with van der Waals surface area (Å²) in [6, 6.07) is 0. The fourth-order valence-corrected chi connectivity index (χ4v) is 3.40. The van der Waals surface area contributed by atoms with E-state index < -0.39 is 70.0 Å². The Kier molecular flexibility index (Phi) is 25.2. The predicted octanol–water partition coefficient (Wildman–Crippen LogP) is -13.8. The van der Waals surface area contributed by atoms with Crippen molar-refractivity contribution in [3.05, 3.63) is 0 Å². The largest absolute Gasteiger partial charge is 3.00 e. The molecule has 132 valence electrons. The molecule has 0 bridgehead atoms. The van der Waals surface area contributed by atoms with Crippen LogP contribution in [0.2, 0.25) is 0 Å². The Bertz CT molecular complexity index is 464. The maximum absolute atomic E-state index is 11.9. The van der Waals surface area contributed by atoms with Gasteiger partial charge in [-0.1, -0.05) is 0 Å². The van der Waals surface area contributed by atoms with Crippen LogP contribution >= 0.6 is 7.37 Å². The zero-order valence-corrected chi connectivity index (χ0v) is 25.0. The number of carbonyl (C=O) groups is 4. The summed E-state index contributed by atoms with van der Waals surface area (Å²) in [5, 5.41) is 41.8. The summed E-state index contributed by atoms with van der Waals surface area (Å²) in [6.45, 7) is -4.11. The molecule has 12 nitrogen and oxygen atoms in total. The first-order chi connectivity index (χ1) is 10.4. The van der Waals surface area contributed by atoms with Gasteiger partial charge in [-0.15, -0.1) is 0 Å². The van der Waals surface area contributed by atoms with Gasteiger partial charge in [-0.2, -0.15) is 0 Å². The fraction of sp³-hybridized carbons (Fsp3) is 0.600. The number of carboxylic acids is 4. The van der Waals surface area contributed by atoms with E-state index in [1.165, 1.54) is 0 Å². The van der Waals surface area contributed by atoms with Gasteiger partial charge in [-0.05, 0) is 0 Å². The van der Waals surface area contributed by atoms with E-state index in [4.69, 9.17) is 0 Å². The number of carbonyl (C=O) groups excluding carboxylic acids is 4. The van der Waals surface area contributed by atoms with Crippen molar-refractivity contribution in [2.24, 2.45) is 0 Å². The third-order valence-electron chi connectivity index (χ3n) is 2.24. The van der Waals surface area contributed by atoms with Crippen LogP contribution in [0.4, 0.5) is 0 Å². The van der Waals surface area contributed by atoms with Crippen molar-refractivity contribution in [3.63, 3.8) is 0 Å². The molecule has 0 atom stereocenters. The van der Waals surface area contributed by atoms with Crippen LogP contribution < -0.4 is 128 Å². The van der Waals surface area contributed by atoms with E-state index in [2.05, 4.69) is 0 Å². The molecule has 0 aliphatic carbocycles. The predicted molar refractivity (Wildman–Crippen MR) is 60.5 cm³/mol. The third-order valence-corrected chi connectivity index (χ3v) is 3.90. The van der Waals surface area contributed by atoms with Crippen LogP contribution in [0.15, 0.2) is 0 Å². The first-order valence-corrected chi connectivity index (χ1v) is 7.94. The maximum atomic E-state index is 11.9. The molecular weight excluding hydrogens is 556 g/mol. The summed E-state index contributed by atoms with van der Waals surface area (Å²) in [5.41, 5.74) is 0. The molecule has 0 fully saturated rings. The van der Waals surface area contributed by atoms with E-state index in [1.807, 2.05) is 0 Å². The molecule has 0 amide bonds. The molecule has 0 heterocycles. The average molecular weight is 568 g/mol. The Morgan fingerprint density at radius 3 is 1.00 bits per heavy atom. The van der Waals surface area contributed by atoms with Crippen molar-refractivity contribution >= 4 is 31.2 Å². The standard InChI is InChI=1S/C10H17N2O10P.2K.La/c13-7(14)1-11(2-8(15)16)5-23(21,22)6-12(3-9(17)18)4-10(19)20;;;/h1-6H2,(H,13,14)(H,15,16)(H,17,18)(H,19,20)(H,21,22);;;/q;2*+1;+3/p-5. The van der Waals surface area contributed by atoms with Crippen LogP contribution in [0.25, 0.3) is 0 Å². The molecule has 0 saturated carbocycles. The molecule has 0 aliphatic rings. The Morgan fingerprint density at radius 1 is 0.654 bits per heavy atom. The molecule has 0 aromatic heterocycles.